The topological polar surface area (TPSA) is 72.8 Å². The van der Waals surface area contributed by atoms with Crippen LogP contribution in [0.2, 0.25) is 0 Å². The molecule has 0 heterocycles. The molecule has 0 aliphatic rings. The van der Waals surface area contributed by atoms with Crippen molar-refractivity contribution in [3.63, 3.8) is 0 Å². The number of ether oxygens (including phenoxy) is 2. The number of hydrogen-bond acceptors (Lipinski definition) is 5. The van der Waals surface area contributed by atoms with Crippen LogP contribution in [0.4, 0.5) is 0 Å². The summed E-state index contributed by atoms with van der Waals surface area (Å²) in [5.41, 5.74) is -0.126. The van der Waals surface area contributed by atoms with Crippen molar-refractivity contribution >= 4 is 17.8 Å². The van der Waals surface area contributed by atoms with Crippen LogP contribution in [0, 0.1) is 0 Å². The molecule has 0 amide bonds. The third-order valence-corrected chi connectivity index (χ3v) is 4.89. The predicted molar refractivity (Wildman–Crippen MR) is 118 cm³/mol. The fourth-order valence-corrected chi connectivity index (χ4v) is 3.25. The highest BCUT2D eigenvalue weighted by Crippen LogP contribution is 2.33. The molecule has 158 valence electrons. The second-order valence-corrected chi connectivity index (χ2v) is 6.92. The van der Waals surface area contributed by atoms with Gasteiger partial charge in [0.1, 0.15) is 0 Å². The zero-order valence-corrected chi connectivity index (χ0v) is 17.2. The van der Waals surface area contributed by atoms with Crippen LogP contribution in [-0.4, -0.2) is 30.1 Å². The van der Waals surface area contributed by atoms with Gasteiger partial charge >= 0.3 is 5.97 Å². The summed E-state index contributed by atoms with van der Waals surface area (Å²) in [6.45, 7) is -0.00241. The number of hydrogen-bond donors (Lipinski definition) is 1. The highest BCUT2D eigenvalue weighted by Gasteiger charge is 2.52. The van der Waals surface area contributed by atoms with E-state index in [0.29, 0.717) is 5.56 Å². The molecule has 3 rings (SSSR count). The Morgan fingerprint density at radius 1 is 0.903 bits per heavy atom. The first-order valence-corrected chi connectivity index (χ1v) is 9.85. The summed E-state index contributed by atoms with van der Waals surface area (Å²) in [7, 11) is 1.20. The SMILES string of the molecule is COC(=O)[C@](OCc1ccccc1)(c1ccccc1)[C@H](O)C(=O)/C=C/c1ccccc1. The Balaban J connectivity index is 1.99. The average Bonchev–Trinajstić information content (AvgIpc) is 2.84. The lowest BCUT2D eigenvalue weighted by molar-refractivity contribution is -0.194. The molecule has 31 heavy (non-hydrogen) atoms. The van der Waals surface area contributed by atoms with E-state index in [1.165, 1.54) is 13.2 Å². The molecule has 0 radical (unpaired) electrons. The summed E-state index contributed by atoms with van der Waals surface area (Å²) in [6, 6.07) is 26.8. The van der Waals surface area contributed by atoms with Crippen LogP contribution in [0.25, 0.3) is 6.08 Å². The molecule has 0 fully saturated rings. The van der Waals surface area contributed by atoms with Crippen molar-refractivity contribution in [2.24, 2.45) is 0 Å². The molecule has 0 bridgehead atoms. The van der Waals surface area contributed by atoms with Crippen LogP contribution in [-0.2, 0) is 31.3 Å². The summed E-state index contributed by atoms with van der Waals surface area (Å²) in [5, 5.41) is 11.1. The Kier molecular flexibility index (Phi) is 7.49. The lowest BCUT2D eigenvalue weighted by atomic mass is 9.85. The van der Waals surface area contributed by atoms with Gasteiger partial charge in [-0.1, -0.05) is 97.1 Å². The van der Waals surface area contributed by atoms with E-state index >= 15 is 0 Å². The summed E-state index contributed by atoms with van der Waals surface area (Å²) in [4.78, 5) is 25.9. The number of carbonyl (C=O) groups is 2. The zero-order chi connectivity index (χ0) is 22.1. The van der Waals surface area contributed by atoms with E-state index in [1.54, 1.807) is 36.4 Å². The number of aliphatic hydroxyl groups excluding tert-OH is 1. The van der Waals surface area contributed by atoms with Gasteiger partial charge < -0.3 is 14.6 Å². The lowest BCUT2D eigenvalue weighted by Gasteiger charge is -2.34. The fourth-order valence-electron chi connectivity index (χ4n) is 3.25. The lowest BCUT2D eigenvalue weighted by Crippen LogP contribution is -2.52. The molecule has 0 saturated carbocycles. The normalized spacial score (nSPS) is 14.0. The Morgan fingerprint density at radius 2 is 1.45 bits per heavy atom. The van der Waals surface area contributed by atoms with E-state index in [0.717, 1.165) is 11.1 Å². The van der Waals surface area contributed by atoms with Gasteiger partial charge in [0.05, 0.1) is 13.7 Å². The first-order valence-electron chi connectivity index (χ1n) is 9.85. The second-order valence-electron chi connectivity index (χ2n) is 6.92. The van der Waals surface area contributed by atoms with Gasteiger partial charge in [0, 0.05) is 0 Å². The molecule has 0 spiro atoms. The van der Waals surface area contributed by atoms with Crippen molar-refractivity contribution in [2.75, 3.05) is 7.11 Å². The number of methoxy groups -OCH3 is 1. The van der Waals surface area contributed by atoms with Crippen LogP contribution >= 0.6 is 0 Å². The number of rotatable bonds is 9. The third-order valence-electron chi connectivity index (χ3n) is 4.89. The van der Waals surface area contributed by atoms with Gasteiger partial charge in [0.2, 0.25) is 5.60 Å². The van der Waals surface area contributed by atoms with E-state index in [1.807, 2.05) is 60.7 Å². The van der Waals surface area contributed by atoms with E-state index in [4.69, 9.17) is 9.47 Å². The molecule has 0 aliphatic heterocycles. The quantitative estimate of drug-likeness (QED) is 0.423. The standard InChI is InChI=1S/C26H24O5/c1-30-25(29)26(22-15-9-4-10-16-22,31-19-21-13-7-3-8-14-21)24(28)23(27)18-17-20-11-5-2-6-12-20/h2-18,24,28H,19H2,1H3/b18-17+/t24-,26+/m1/s1. The van der Waals surface area contributed by atoms with E-state index in [2.05, 4.69) is 0 Å². The van der Waals surface area contributed by atoms with Gasteiger partial charge in [-0.25, -0.2) is 4.79 Å². The minimum Gasteiger partial charge on any atom is -0.467 e. The minimum absolute atomic E-state index is 0.00241. The number of benzene rings is 3. The van der Waals surface area contributed by atoms with Crippen molar-refractivity contribution in [3.8, 4) is 0 Å². The Labute approximate surface area is 181 Å². The fraction of sp³-hybridized carbons (Fsp3) is 0.154. The molecule has 0 unspecified atom stereocenters. The van der Waals surface area contributed by atoms with Crippen molar-refractivity contribution in [3.05, 3.63) is 114 Å². The van der Waals surface area contributed by atoms with E-state index < -0.39 is 23.5 Å². The van der Waals surface area contributed by atoms with Crippen LogP contribution in [0.1, 0.15) is 16.7 Å². The zero-order valence-electron chi connectivity index (χ0n) is 17.2. The molecule has 0 saturated heterocycles. The monoisotopic (exact) mass is 416 g/mol. The molecular formula is C26H24O5. The maximum Gasteiger partial charge on any atom is 0.346 e. The molecule has 2 atom stereocenters. The Bertz CT molecular complexity index is 1020. The van der Waals surface area contributed by atoms with Crippen molar-refractivity contribution < 1.29 is 24.2 Å². The highest BCUT2D eigenvalue weighted by molar-refractivity contribution is 6.01. The van der Waals surface area contributed by atoms with E-state index in [-0.39, 0.29) is 6.61 Å². The summed E-state index contributed by atoms with van der Waals surface area (Å²) in [5.74, 6) is -1.53. The van der Waals surface area contributed by atoms with Crippen LogP contribution < -0.4 is 0 Å². The summed E-state index contributed by atoms with van der Waals surface area (Å²) >= 11 is 0. The van der Waals surface area contributed by atoms with Crippen LogP contribution in [0.15, 0.2) is 97.1 Å². The smallest absolute Gasteiger partial charge is 0.346 e. The van der Waals surface area contributed by atoms with Gasteiger partial charge in [-0.3, -0.25) is 4.79 Å². The predicted octanol–water partition coefficient (Wildman–Crippen LogP) is 3.92. The molecular weight excluding hydrogens is 392 g/mol. The molecule has 3 aromatic carbocycles. The van der Waals surface area contributed by atoms with Gasteiger partial charge in [-0.05, 0) is 22.8 Å². The Morgan fingerprint density at radius 3 is 2.03 bits per heavy atom. The molecule has 0 aliphatic carbocycles. The van der Waals surface area contributed by atoms with Gasteiger partial charge in [0.25, 0.3) is 0 Å². The van der Waals surface area contributed by atoms with Crippen LogP contribution in [0.5, 0.6) is 0 Å². The maximum absolute atomic E-state index is 13.0. The van der Waals surface area contributed by atoms with Crippen molar-refractivity contribution in [1.82, 2.24) is 0 Å². The second kappa shape index (κ2) is 10.5. The minimum atomic E-state index is -2.02. The Hall–Kier alpha value is -3.54. The highest BCUT2D eigenvalue weighted by atomic mass is 16.6. The van der Waals surface area contributed by atoms with Gasteiger partial charge in [-0.15, -0.1) is 0 Å². The number of aliphatic hydroxyl groups is 1. The summed E-state index contributed by atoms with van der Waals surface area (Å²) < 4.78 is 11.0. The largest absolute Gasteiger partial charge is 0.467 e. The molecule has 3 aromatic rings. The van der Waals surface area contributed by atoms with Crippen molar-refractivity contribution in [1.29, 1.82) is 0 Å². The first-order chi connectivity index (χ1) is 15.1. The van der Waals surface area contributed by atoms with E-state index in [9.17, 15) is 14.7 Å². The summed E-state index contributed by atoms with van der Waals surface area (Å²) in [6.07, 6.45) is 1.01. The number of ketones is 1. The molecule has 1 N–H and O–H groups in total. The molecule has 5 nitrogen and oxygen atoms in total. The maximum atomic E-state index is 13.0. The number of esters is 1. The van der Waals surface area contributed by atoms with Gasteiger partial charge in [0.15, 0.2) is 11.9 Å². The van der Waals surface area contributed by atoms with Crippen molar-refractivity contribution in [2.45, 2.75) is 18.3 Å². The third kappa shape index (κ3) is 5.15. The van der Waals surface area contributed by atoms with Crippen LogP contribution in [0.3, 0.4) is 0 Å². The average molecular weight is 416 g/mol. The molecule has 0 aromatic heterocycles. The first kappa shape index (κ1) is 22.2. The number of carbonyl (C=O) groups excluding carboxylic acids is 2. The van der Waals surface area contributed by atoms with Gasteiger partial charge in [-0.2, -0.15) is 0 Å². The molecule has 5 heteroatoms.